The van der Waals surface area contributed by atoms with Crippen LogP contribution in [0.3, 0.4) is 0 Å². The smallest absolute Gasteiger partial charge is 0.338 e. The van der Waals surface area contributed by atoms with Gasteiger partial charge in [0, 0.05) is 5.69 Å². The number of ether oxygens (including phenoxy) is 1. The molecule has 0 aliphatic carbocycles. The number of benzene rings is 2. The third-order valence-corrected chi connectivity index (χ3v) is 5.57. The number of sulfonamides is 1. The lowest BCUT2D eigenvalue weighted by Crippen LogP contribution is -2.45. The van der Waals surface area contributed by atoms with Crippen molar-refractivity contribution in [3.05, 3.63) is 59.7 Å². The van der Waals surface area contributed by atoms with E-state index >= 15 is 0 Å². The van der Waals surface area contributed by atoms with E-state index < -0.39 is 27.9 Å². The highest BCUT2D eigenvalue weighted by molar-refractivity contribution is 7.92. The largest absolute Gasteiger partial charge is 0.462 e. The third-order valence-electron chi connectivity index (χ3n) is 4.33. The van der Waals surface area contributed by atoms with Crippen LogP contribution in [-0.4, -0.2) is 39.2 Å². The molecule has 0 bridgehead atoms. The van der Waals surface area contributed by atoms with Crippen molar-refractivity contribution in [2.45, 2.75) is 33.2 Å². The van der Waals surface area contributed by atoms with Gasteiger partial charge in [-0.2, -0.15) is 0 Å². The SMILES string of the molecule is CCOC(=O)c1cccc(NC(=O)[C@@H](C)N(c2ccc(CC)cc2)S(C)(=O)=O)c1. The first-order chi connectivity index (χ1) is 13.7. The molecule has 0 aromatic heterocycles. The predicted octanol–water partition coefficient (Wildman–Crippen LogP) is 3.22. The molecular weight excluding hydrogens is 392 g/mol. The fourth-order valence-electron chi connectivity index (χ4n) is 2.87. The quantitative estimate of drug-likeness (QED) is 0.665. The van der Waals surface area contributed by atoms with Gasteiger partial charge in [0.1, 0.15) is 6.04 Å². The Morgan fingerprint density at radius 3 is 2.31 bits per heavy atom. The van der Waals surface area contributed by atoms with Crippen LogP contribution in [-0.2, 0) is 26.0 Å². The van der Waals surface area contributed by atoms with Gasteiger partial charge in [-0.1, -0.05) is 25.1 Å². The Balaban J connectivity index is 2.25. The molecule has 0 saturated carbocycles. The molecule has 1 N–H and O–H groups in total. The van der Waals surface area contributed by atoms with Crippen LogP contribution in [0.4, 0.5) is 11.4 Å². The summed E-state index contributed by atoms with van der Waals surface area (Å²) in [5, 5.41) is 2.67. The summed E-state index contributed by atoms with van der Waals surface area (Å²) in [5.41, 5.74) is 2.15. The number of aryl methyl sites for hydroxylation is 1. The van der Waals surface area contributed by atoms with Gasteiger partial charge in [-0.3, -0.25) is 9.10 Å². The average molecular weight is 419 g/mol. The van der Waals surface area contributed by atoms with Crippen LogP contribution in [0.5, 0.6) is 0 Å². The average Bonchev–Trinajstić information content (AvgIpc) is 2.68. The van der Waals surface area contributed by atoms with E-state index in [0.717, 1.165) is 22.5 Å². The summed E-state index contributed by atoms with van der Waals surface area (Å²) in [7, 11) is -3.70. The molecule has 2 aromatic rings. The molecule has 0 aliphatic heterocycles. The van der Waals surface area contributed by atoms with E-state index in [2.05, 4.69) is 5.32 Å². The van der Waals surface area contributed by atoms with Crippen LogP contribution in [0.15, 0.2) is 48.5 Å². The van der Waals surface area contributed by atoms with Gasteiger partial charge in [-0.05, 0) is 56.2 Å². The second-order valence-electron chi connectivity index (χ2n) is 6.55. The molecule has 7 nitrogen and oxygen atoms in total. The molecule has 0 spiro atoms. The van der Waals surface area contributed by atoms with E-state index in [4.69, 9.17) is 4.74 Å². The normalized spacial score (nSPS) is 12.1. The zero-order chi connectivity index (χ0) is 21.6. The lowest BCUT2D eigenvalue weighted by Gasteiger charge is -2.28. The van der Waals surface area contributed by atoms with Crippen LogP contribution < -0.4 is 9.62 Å². The van der Waals surface area contributed by atoms with Crippen LogP contribution in [0.1, 0.15) is 36.7 Å². The summed E-state index contributed by atoms with van der Waals surface area (Å²) in [6.07, 6.45) is 1.89. The number of rotatable bonds is 8. The standard InChI is InChI=1S/C21H26N2O5S/c1-5-16-10-12-19(13-11-16)23(29(4,26)27)15(3)20(24)22-18-9-7-8-17(14-18)21(25)28-6-2/h7-15H,5-6H2,1-4H3,(H,22,24)/t15-/m1/s1. The van der Waals surface area contributed by atoms with Crippen LogP contribution in [0.2, 0.25) is 0 Å². The highest BCUT2D eigenvalue weighted by Crippen LogP contribution is 2.22. The number of esters is 1. The van der Waals surface area contributed by atoms with Crippen molar-refractivity contribution in [3.63, 3.8) is 0 Å². The van der Waals surface area contributed by atoms with E-state index in [1.807, 2.05) is 19.1 Å². The fraction of sp³-hybridized carbons (Fsp3) is 0.333. The van der Waals surface area contributed by atoms with Crippen molar-refractivity contribution in [1.82, 2.24) is 0 Å². The number of carbonyl (C=O) groups excluding carboxylic acids is 2. The first-order valence-corrected chi connectivity index (χ1v) is 11.2. The predicted molar refractivity (Wildman–Crippen MR) is 114 cm³/mol. The summed E-state index contributed by atoms with van der Waals surface area (Å²) in [6, 6.07) is 12.3. The van der Waals surface area contributed by atoms with Crippen LogP contribution in [0.25, 0.3) is 0 Å². The Labute approximate surface area is 171 Å². The van der Waals surface area contributed by atoms with Gasteiger partial charge in [0.25, 0.3) is 0 Å². The van der Waals surface area contributed by atoms with Gasteiger partial charge < -0.3 is 10.1 Å². The molecule has 0 saturated heterocycles. The lowest BCUT2D eigenvalue weighted by atomic mass is 10.1. The number of hydrogen-bond donors (Lipinski definition) is 1. The molecular formula is C21H26N2O5S. The molecule has 0 aliphatic rings. The second-order valence-corrected chi connectivity index (χ2v) is 8.40. The Bertz CT molecular complexity index is 971. The topological polar surface area (TPSA) is 92.8 Å². The van der Waals surface area contributed by atoms with Gasteiger partial charge in [-0.15, -0.1) is 0 Å². The number of hydrogen-bond acceptors (Lipinski definition) is 5. The van der Waals surface area contributed by atoms with Gasteiger partial charge in [0.2, 0.25) is 15.9 Å². The Morgan fingerprint density at radius 2 is 1.76 bits per heavy atom. The monoisotopic (exact) mass is 418 g/mol. The van der Waals surface area contributed by atoms with Gasteiger partial charge in [-0.25, -0.2) is 13.2 Å². The van der Waals surface area contributed by atoms with E-state index in [-0.39, 0.29) is 6.61 Å². The Morgan fingerprint density at radius 1 is 1.10 bits per heavy atom. The molecule has 0 fully saturated rings. The van der Waals surface area contributed by atoms with Crippen LogP contribution in [0, 0.1) is 0 Å². The highest BCUT2D eigenvalue weighted by atomic mass is 32.2. The molecule has 29 heavy (non-hydrogen) atoms. The van der Waals surface area contributed by atoms with Crippen molar-refractivity contribution in [2.24, 2.45) is 0 Å². The first kappa shape index (κ1) is 22.4. The van der Waals surface area contributed by atoms with Crippen molar-refractivity contribution >= 4 is 33.3 Å². The fourth-order valence-corrected chi connectivity index (χ4v) is 4.05. The second kappa shape index (κ2) is 9.56. The maximum atomic E-state index is 12.8. The summed E-state index contributed by atoms with van der Waals surface area (Å²) in [5.74, 6) is -1.01. The summed E-state index contributed by atoms with van der Waals surface area (Å²) < 4.78 is 30.8. The molecule has 1 atom stereocenters. The van der Waals surface area contributed by atoms with Gasteiger partial charge in [0.05, 0.1) is 24.1 Å². The number of carbonyl (C=O) groups is 2. The van der Waals surface area contributed by atoms with E-state index in [0.29, 0.717) is 16.9 Å². The van der Waals surface area contributed by atoms with E-state index in [1.165, 1.54) is 13.0 Å². The van der Waals surface area contributed by atoms with Crippen LogP contribution >= 0.6 is 0 Å². The number of nitrogens with one attached hydrogen (secondary N) is 1. The third kappa shape index (κ3) is 5.80. The number of nitrogens with zero attached hydrogens (tertiary/aromatic N) is 1. The summed E-state index contributed by atoms with van der Waals surface area (Å²) >= 11 is 0. The van der Waals surface area contributed by atoms with Gasteiger partial charge in [0.15, 0.2) is 0 Å². The zero-order valence-corrected chi connectivity index (χ0v) is 17.8. The molecule has 0 radical (unpaired) electrons. The Kier molecular flexibility index (Phi) is 7.39. The highest BCUT2D eigenvalue weighted by Gasteiger charge is 2.29. The minimum absolute atomic E-state index is 0.243. The minimum atomic E-state index is -3.70. The molecule has 0 heterocycles. The number of amides is 1. The van der Waals surface area contributed by atoms with Crippen molar-refractivity contribution in [1.29, 1.82) is 0 Å². The number of anilines is 2. The molecule has 1 amide bonds. The Hall–Kier alpha value is -2.87. The molecule has 2 aromatic carbocycles. The zero-order valence-electron chi connectivity index (χ0n) is 17.0. The first-order valence-electron chi connectivity index (χ1n) is 9.33. The van der Waals surface area contributed by atoms with Crippen molar-refractivity contribution in [3.8, 4) is 0 Å². The summed E-state index contributed by atoms with van der Waals surface area (Å²) in [4.78, 5) is 24.6. The molecule has 2 rings (SSSR count). The molecule has 8 heteroatoms. The minimum Gasteiger partial charge on any atom is -0.462 e. The summed E-state index contributed by atoms with van der Waals surface area (Å²) in [6.45, 7) is 5.47. The molecule has 0 unspecified atom stereocenters. The molecule has 156 valence electrons. The van der Waals surface area contributed by atoms with Gasteiger partial charge >= 0.3 is 5.97 Å². The van der Waals surface area contributed by atoms with E-state index in [1.54, 1.807) is 37.3 Å². The maximum Gasteiger partial charge on any atom is 0.338 e. The van der Waals surface area contributed by atoms with Crippen molar-refractivity contribution < 1.29 is 22.7 Å². The van der Waals surface area contributed by atoms with E-state index in [9.17, 15) is 18.0 Å². The lowest BCUT2D eigenvalue weighted by molar-refractivity contribution is -0.116. The maximum absolute atomic E-state index is 12.8. The van der Waals surface area contributed by atoms with Crippen molar-refractivity contribution in [2.75, 3.05) is 22.5 Å².